The highest BCUT2D eigenvalue weighted by molar-refractivity contribution is 7.14. The number of hydrogen-bond donors (Lipinski definition) is 0. The van der Waals surface area contributed by atoms with Crippen molar-refractivity contribution < 1.29 is 4.79 Å². The average molecular weight is 272 g/mol. The lowest BCUT2D eigenvalue weighted by molar-refractivity contribution is 0.103. The van der Waals surface area contributed by atoms with E-state index in [4.69, 9.17) is 0 Å². The zero-order valence-electron chi connectivity index (χ0n) is 9.24. The van der Waals surface area contributed by atoms with Crippen molar-refractivity contribution in [1.82, 2.24) is 9.97 Å². The van der Waals surface area contributed by atoms with Crippen molar-refractivity contribution in [3.63, 3.8) is 0 Å². The molecule has 0 aliphatic heterocycles. The van der Waals surface area contributed by atoms with Crippen molar-refractivity contribution in [2.24, 2.45) is 0 Å². The van der Waals surface area contributed by atoms with E-state index in [-0.39, 0.29) is 5.78 Å². The summed E-state index contributed by atoms with van der Waals surface area (Å²) in [5.41, 5.74) is 1.44. The van der Waals surface area contributed by atoms with Crippen LogP contribution in [0.2, 0.25) is 0 Å². The fraction of sp³-hybridized carbons (Fsp3) is 0. The molecule has 3 nitrogen and oxygen atoms in total. The number of benzene rings is 1. The molecule has 0 aliphatic rings. The van der Waals surface area contributed by atoms with E-state index in [0.717, 1.165) is 10.7 Å². The Bertz CT molecular complexity index is 659. The molecule has 0 amide bonds. The summed E-state index contributed by atoms with van der Waals surface area (Å²) in [4.78, 5) is 20.7. The minimum absolute atomic E-state index is 0.0385. The third kappa shape index (κ3) is 2.10. The van der Waals surface area contributed by atoms with Gasteiger partial charge in [0.1, 0.15) is 10.7 Å². The van der Waals surface area contributed by atoms with E-state index >= 15 is 0 Å². The molecule has 0 spiro atoms. The molecule has 18 heavy (non-hydrogen) atoms. The van der Waals surface area contributed by atoms with Gasteiger partial charge in [-0.3, -0.25) is 4.79 Å². The van der Waals surface area contributed by atoms with Gasteiger partial charge in [-0.1, -0.05) is 30.3 Å². The van der Waals surface area contributed by atoms with E-state index in [0.29, 0.717) is 10.6 Å². The summed E-state index contributed by atoms with van der Waals surface area (Å²) in [7, 11) is 0. The van der Waals surface area contributed by atoms with Gasteiger partial charge in [0.25, 0.3) is 0 Å². The van der Waals surface area contributed by atoms with Gasteiger partial charge in [-0.25, -0.2) is 9.97 Å². The van der Waals surface area contributed by atoms with Crippen LogP contribution in [0.25, 0.3) is 10.7 Å². The Hall–Kier alpha value is -1.85. The maximum absolute atomic E-state index is 12.2. The highest BCUT2D eigenvalue weighted by atomic mass is 32.1. The first kappa shape index (κ1) is 11.3. The molecule has 3 aromatic rings. The molecule has 1 aromatic carbocycles. The summed E-state index contributed by atoms with van der Waals surface area (Å²) in [6, 6.07) is 9.18. The van der Waals surface area contributed by atoms with Crippen LogP contribution in [0.4, 0.5) is 0 Å². The van der Waals surface area contributed by atoms with E-state index in [1.165, 1.54) is 22.7 Å². The van der Waals surface area contributed by atoms with Crippen molar-refractivity contribution in [3.05, 3.63) is 57.9 Å². The third-order valence-electron chi connectivity index (χ3n) is 2.39. The molecule has 0 saturated carbocycles. The Morgan fingerprint density at radius 3 is 2.67 bits per heavy atom. The van der Waals surface area contributed by atoms with E-state index in [1.807, 2.05) is 29.0 Å². The van der Waals surface area contributed by atoms with E-state index in [1.54, 1.807) is 18.3 Å². The number of hydrogen-bond acceptors (Lipinski definition) is 5. The molecule has 0 aliphatic carbocycles. The molecule has 0 saturated heterocycles. The Morgan fingerprint density at radius 2 is 1.94 bits per heavy atom. The van der Waals surface area contributed by atoms with Crippen LogP contribution >= 0.6 is 22.7 Å². The number of thiazole rings is 2. The SMILES string of the molecule is O=C(c1ccccc1)c1nc(-c2nccs2)cs1. The number of ketones is 1. The van der Waals surface area contributed by atoms with Gasteiger partial charge in [-0.15, -0.1) is 22.7 Å². The largest absolute Gasteiger partial charge is 0.286 e. The predicted octanol–water partition coefficient (Wildman–Crippen LogP) is 3.50. The monoisotopic (exact) mass is 272 g/mol. The van der Waals surface area contributed by atoms with Crippen molar-refractivity contribution >= 4 is 28.5 Å². The molecule has 0 N–H and O–H groups in total. The summed E-state index contributed by atoms with van der Waals surface area (Å²) in [5, 5.41) is 5.12. The molecular formula is C13H8N2OS2. The first-order valence-corrected chi connectivity index (χ1v) is 7.05. The number of rotatable bonds is 3. The average Bonchev–Trinajstić information content (AvgIpc) is 3.09. The fourth-order valence-electron chi connectivity index (χ4n) is 1.54. The van der Waals surface area contributed by atoms with Crippen LogP contribution in [0.3, 0.4) is 0 Å². The predicted molar refractivity (Wildman–Crippen MR) is 73.1 cm³/mol. The number of nitrogens with zero attached hydrogens (tertiary/aromatic N) is 2. The van der Waals surface area contributed by atoms with Crippen molar-refractivity contribution in [2.45, 2.75) is 0 Å². The second kappa shape index (κ2) is 4.80. The first-order valence-electron chi connectivity index (χ1n) is 5.30. The van der Waals surface area contributed by atoms with Crippen LogP contribution in [0.5, 0.6) is 0 Å². The Balaban J connectivity index is 1.93. The van der Waals surface area contributed by atoms with E-state index < -0.39 is 0 Å². The van der Waals surface area contributed by atoms with Gasteiger partial charge >= 0.3 is 0 Å². The van der Waals surface area contributed by atoms with Crippen LogP contribution in [0.1, 0.15) is 15.4 Å². The summed E-state index contributed by atoms with van der Waals surface area (Å²) < 4.78 is 0. The number of aromatic nitrogens is 2. The van der Waals surface area contributed by atoms with Crippen LogP contribution in [0.15, 0.2) is 47.3 Å². The maximum atomic E-state index is 12.2. The Morgan fingerprint density at radius 1 is 1.11 bits per heavy atom. The number of carbonyl (C=O) groups excluding carboxylic acids is 1. The molecule has 2 heterocycles. The van der Waals surface area contributed by atoms with Gasteiger partial charge in [-0.2, -0.15) is 0 Å². The highest BCUT2D eigenvalue weighted by Gasteiger charge is 2.14. The van der Waals surface area contributed by atoms with Crippen LogP contribution in [-0.4, -0.2) is 15.8 Å². The molecule has 0 unspecified atom stereocenters. The zero-order chi connectivity index (χ0) is 12.4. The van der Waals surface area contributed by atoms with Crippen LogP contribution in [0, 0.1) is 0 Å². The van der Waals surface area contributed by atoms with E-state index in [2.05, 4.69) is 9.97 Å². The molecular weight excluding hydrogens is 264 g/mol. The molecule has 2 aromatic heterocycles. The van der Waals surface area contributed by atoms with Gasteiger partial charge in [-0.05, 0) is 0 Å². The normalized spacial score (nSPS) is 10.4. The summed E-state index contributed by atoms with van der Waals surface area (Å²) in [6.07, 6.45) is 1.73. The molecule has 0 bridgehead atoms. The molecule has 0 fully saturated rings. The number of carbonyl (C=O) groups is 1. The molecule has 0 radical (unpaired) electrons. The van der Waals surface area contributed by atoms with Gasteiger partial charge in [0.05, 0.1) is 0 Å². The Labute approximate surface area is 112 Å². The summed E-state index contributed by atoms with van der Waals surface area (Å²) in [5.74, 6) is -0.0385. The van der Waals surface area contributed by atoms with Gasteiger partial charge in [0.15, 0.2) is 5.01 Å². The van der Waals surface area contributed by atoms with Crippen molar-refractivity contribution in [3.8, 4) is 10.7 Å². The topological polar surface area (TPSA) is 42.9 Å². The fourth-order valence-corrected chi connectivity index (χ4v) is 2.97. The molecule has 88 valence electrons. The van der Waals surface area contributed by atoms with Gasteiger partial charge in [0.2, 0.25) is 5.78 Å². The minimum Gasteiger partial charge on any atom is -0.286 e. The van der Waals surface area contributed by atoms with Gasteiger partial charge in [0, 0.05) is 22.5 Å². The minimum atomic E-state index is -0.0385. The Kier molecular flexibility index (Phi) is 3.00. The lowest BCUT2D eigenvalue weighted by Gasteiger charge is -1.95. The quantitative estimate of drug-likeness (QED) is 0.685. The smallest absolute Gasteiger partial charge is 0.221 e. The molecule has 0 atom stereocenters. The van der Waals surface area contributed by atoms with Crippen LogP contribution in [-0.2, 0) is 0 Å². The maximum Gasteiger partial charge on any atom is 0.221 e. The highest BCUT2D eigenvalue weighted by Crippen LogP contribution is 2.24. The van der Waals surface area contributed by atoms with E-state index in [9.17, 15) is 4.79 Å². The first-order chi connectivity index (χ1) is 8.84. The second-order valence-corrected chi connectivity index (χ2v) is 5.32. The van der Waals surface area contributed by atoms with Crippen molar-refractivity contribution in [1.29, 1.82) is 0 Å². The molecule has 5 heteroatoms. The summed E-state index contributed by atoms with van der Waals surface area (Å²) in [6.45, 7) is 0. The molecule has 3 rings (SSSR count). The second-order valence-electron chi connectivity index (χ2n) is 3.57. The zero-order valence-corrected chi connectivity index (χ0v) is 10.9. The third-order valence-corrected chi connectivity index (χ3v) is 4.02. The lowest BCUT2D eigenvalue weighted by atomic mass is 10.1. The van der Waals surface area contributed by atoms with Gasteiger partial charge < -0.3 is 0 Å². The summed E-state index contributed by atoms with van der Waals surface area (Å²) >= 11 is 2.88. The lowest BCUT2D eigenvalue weighted by Crippen LogP contribution is -1.99. The van der Waals surface area contributed by atoms with Crippen molar-refractivity contribution in [2.75, 3.05) is 0 Å². The standard InChI is InChI=1S/C13H8N2OS2/c16-11(9-4-2-1-3-5-9)13-15-10(8-18-13)12-14-6-7-17-12/h1-8H. The van der Waals surface area contributed by atoms with Crippen LogP contribution < -0.4 is 0 Å².